The molecular formula is C16H31N3O3S. The second-order valence-electron chi connectivity index (χ2n) is 6.84. The Labute approximate surface area is 140 Å². The summed E-state index contributed by atoms with van der Waals surface area (Å²) in [5.41, 5.74) is 0. The first kappa shape index (κ1) is 18.7. The van der Waals surface area contributed by atoms with Gasteiger partial charge in [-0.3, -0.25) is 4.79 Å². The van der Waals surface area contributed by atoms with Crippen LogP contribution in [0.25, 0.3) is 0 Å². The predicted molar refractivity (Wildman–Crippen MR) is 91.2 cm³/mol. The third-order valence-electron chi connectivity index (χ3n) is 4.97. The molecule has 7 heteroatoms. The Bertz CT molecular complexity index is 487. The molecular weight excluding hydrogens is 314 g/mol. The average molecular weight is 346 g/mol. The van der Waals surface area contributed by atoms with E-state index in [1.54, 1.807) is 4.31 Å². The summed E-state index contributed by atoms with van der Waals surface area (Å²) >= 11 is 0. The molecule has 0 saturated carbocycles. The maximum Gasteiger partial charge on any atom is 0.281 e. The number of carbonyl (C=O) groups excluding carboxylic acids is 1. The molecule has 2 aliphatic heterocycles. The molecule has 1 N–H and O–H groups in total. The Morgan fingerprint density at radius 1 is 1.09 bits per heavy atom. The van der Waals surface area contributed by atoms with Gasteiger partial charge in [0.2, 0.25) is 5.91 Å². The van der Waals surface area contributed by atoms with Crippen molar-refractivity contribution in [3.63, 3.8) is 0 Å². The van der Waals surface area contributed by atoms with E-state index in [0.29, 0.717) is 26.2 Å². The molecule has 0 aliphatic carbocycles. The predicted octanol–water partition coefficient (Wildman–Crippen LogP) is 1.73. The quantitative estimate of drug-likeness (QED) is 0.825. The van der Waals surface area contributed by atoms with E-state index in [9.17, 15) is 13.2 Å². The summed E-state index contributed by atoms with van der Waals surface area (Å²) < 4.78 is 28.9. The number of hydrogen-bond acceptors (Lipinski definition) is 3. The van der Waals surface area contributed by atoms with Crippen molar-refractivity contribution in [3.8, 4) is 0 Å². The van der Waals surface area contributed by atoms with Gasteiger partial charge in [0, 0.05) is 32.2 Å². The van der Waals surface area contributed by atoms with Crippen molar-refractivity contribution in [3.05, 3.63) is 0 Å². The number of hydrogen-bond donors (Lipinski definition) is 1. The minimum atomic E-state index is -3.42. The van der Waals surface area contributed by atoms with Gasteiger partial charge in [-0.1, -0.05) is 19.8 Å². The second kappa shape index (κ2) is 8.44. The molecule has 0 spiro atoms. The molecule has 2 fully saturated rings. The third-order valence-corrected chi connectivity index (χ3v) is 6.98. The van der Waals surface area contributed by atoms with Gasteiger partial charge >= 0.3 is 0 Å². The second-order valence-corrected chi connectivity index (χ2v) is 8.76. The number of nitrogens with zero attached hydrogens (tertiary/aromatic N) is 2. The molecule has 2 atom stereocenters. The first-order chi connectivity index (χ1) is 10.9. The van der Waals surface area contributed by atoms with Gasteiger partial charge in [-0.25, -0.2) is 0 Å². The third kappa shape index (κ3) is 4.90. The summed E-state index contributed by atoms with van der Waals surface area (Å²) in [5.74, 6) is -0.227. The molecule has 2 rings (SSSR count). The fourth-order valence-electron chi connectivity index (χ4n) is 3.26. The Morgan fingerprint density at radius 2 is 1.70 bits per heavy atom. The van der Waals surface area contributed by atoms with Gasteiger partial charge in [0.25, 0.3) is 10.2 Å². The van der Waals surface area contributed by atoms with Crippen molar-refractivity contribution in [1.29, 1.82) is 0 Å². The van der Waals surface area contributed by atoms with E-state index in [-0.39, 0.29) is 17.9 Å². The zero-order valence-corrected chi connectivity index (χ0v) is 15.3. The Kier molecular flexibility index (Phi) is 6.85. The zero-order valence-electron chi connectivity index (χ0n) is 14.5. The summed E-state index contributed by atoms with van der Waals surface area (Å²) in [4.78, 5) is 12.3. The molecule has 0 bridgehead atoms. The van der Waals surface area contributed by atoms with E-state index in [2.05, 4.69) is 5.32 Å². The first-order valence-corrected chi connectivity index (χ1v) is 10.4. The van der Waals surface area contributed by atoms with Crippen molar-refractivity contribution >= 4 is 16.1 Å². The number of nitrogens with one attached hydrogen (secondary N) is 1. The summed E-state index contributed by atoms with van der Waals surface area (Å²) in [5, 5.41) is 2.99. The van der Waals surface area contributed by atoms with Gasteiger partial charge in [0.1, 0.15) is 0 Å². The Morgan fingerprint density at radius 3 is 2.30 bits per heavy atom. The van der Waals surface area contributed by atoms with Gasteiger partial charge in [-0.05, 0) is 39.0 Å². The fraction of sp³-hybridized carbons (Fsp3) is 0.938. The minimum absolute atomic E-state index is 0.00452. The molecule has 0 aromatic heterocycles. The van der Waals surface area contributed by atoms with Crippen LogP contribution in [-0.4, -0.2) is 55.2 Å². The molecule has 134 valence electrons. The van der Waals surface area contributed by atoms with E-state index in [4.69, 9.17) is 0 Å². The SMILES string of the molecule is CC[C@H](C)NC(=O)[C@@H]1CCCN(S(=O)(=O)N2CCCCCC2)C1. The largest absolute Gasteiger partial charge is 0.353 e. The van der Waals surface area contributed by atoms with E-state index >= 15 is 0 Å². The Balaban J connectivity index is 2.00. The molecule has 2 aliphatic rings. The smallest absolute Gasteiger partial charge is 0.281 e. The minimum Gasteiger partial charge on any atom is -0.353 e. The maximum atomic E-state index is 12.9. The summed E-state index contributed by atoms with van der Waals surface area (Å²) in [7, 11) is -3.42. The van der Waals surface area contributed by atoms with E-state index in [1.165, 1.54) is 4.31 Å². The number of amides is 1. The van der Waals surface area contributed by atoms with Crippen LogP contribution in [0.2, 0.25) is 0 Å². The summed E-state index contributed by atoms with van der Waals surface area (Å²) in [6, 6.07) is 0.139. The summed E-state index contributed by atoms with van der Waals surface area (Å²) in [6.07, 6.45) is 6.49. The highest BCUT2D eigenvalue weighted by atomic mass is 32.2. The lowest BCUT2D eigenvalue weighted by Gasteiger charge is -2.35. The highest BCUT2D eigenvalue weighted by molar-refractivity contribution is 7.86. The standard InChI is InChI=1S/C16H31N3O3S/c1-3-14(2)17-16(20)15-9-8-12-19(13-15)23(21,22)18-10-6-4-5-7-11-18/h14-15H,3-13H2,1-2H3,(H,17,20)/t14-,15+/m0/s1. The summed E-state index contributed by atoms with van der Waals surface area (Å²) in [6.45, 7) is 6.09. The molecule has 6 nitrogen and oxygen atoms in total. The van der Waals surface area contributed by atoms with E-state index in [0.717, 1.165) is 44.9 Å². The number of rotatable bonds is 5. The molecule has 0 radical (unpaired) electrons. The molecule has 1 amide bonds. The number of piperidine rings is 1. The fourth-order valence-corrected chi connectivity index (χ4v) is 5.04. The average Bonchev–Trinajstić information content (AvgIpc) is 2.84. The van der Waals surface area contributed by atoms with Gasteiger partial charge in [-0.2, -0.15) is 17.0 Å². The van der Waals surface area contributed by atoms with E-state index in [1.807, 2.05) is 13.8 Å². The highest BCUT2D eigenvalue weighted by Crippen LogP contribution is 2.23. The van der Waals surface area contributed by atoms with Crippen LogP contribution in [-0.2, 0) is 15.0 Å². The topological polar surface area (TPSA) is 69.7 Å². The Hall–Kier alpha value is -0.660. The normalized spacial score (nSPS) is 26.4. The molecule has 2 heterocycles. The first-order valence-electron chi connectivity index (χ1n) is 9.00. The van der Waals surface area contributed by atoms with Gasteiger partial charge in [0.15, 0.2) is 0 Å². The lowest BCUT2D eigenvalue weighted by atomic mass is 9.98. The highest BCUT2D eigenvalue weighted by Gasteiger charge is 2.36. The van der Waals surface area contributed by atoms with Crippen molar-refractivity contribution in [1.82, 2.24) is 13.9 Å². The van der Waals surface area contributed by atoms with Crippen molar-refractivity contribution in [2.75, 3.05) is 26.2 Å². The van der Waals surface area contributed by atoms with Crippen LogP contribution in [0.5, 0.6) is 0 Å². The van der Waals surface area contributed by atoms with Crippen LogP contribution in [0.4, 0.5) is 0 Å². The monoisotopic (exact) mass is 345 g/mol. The van der Waals surface area contributed by atoms with Crippen LogP contribution >= 0.6 is 0 Å². The molecule has 0 unspecified atom stereocenters. The van der Waals surface area contributed by atoms with Crippen LogP contribution in [0.1, 0.15) is 58.8 Å². The molecule has 2 saturated heterocycles. The zero-order chi connectivity index (χ0) is 16.9. The molecule has 0 aromatic rings. The lowest BCUT2D eigenvalue weighted by Crippen LogP contribution is -2.51. The molecule has 23 heavy (non-hydrogen) atoms. The number of carbonyl (C=O) groups is 1. The van der Waals surface area contributed by atoms with Gasteiger partial charge in [-0.15, -0.1) is 0 Å². The lowest BCUT2D eigenvalue weighted by molar-refractivity contribution is -0.126. The van der Waals surface area contributed by atoms with Crippen LogP contribution < -0.4 is 5.32 Å². The van der Waals surface area contributed by atoms with E-state index < -0.39 is 10.2 Å². The molecule has 0 aromatic carbocycles. The van der Waals surface area contributed by atoms with Gasteiger partial charge < -0.3 is 5.32 Å². The van der Waals surface area contributed by atoms with Crippen molar-refractivity contribution in [2.45, 2.75) is 64.8 Å². The van der Waals surface area contributed by atoms with Crippen LogP contribution in [0, 0.1) is 5.92 Å². The van der Waals surface area contributed by atoms with Crippen LogP contribution in [0.3, 0.4) is 0 Å². The van der Waals surface area contributed by atoms with Gasteiger partial charge in [0.05, 0.1) is 5.92 Å². The van der Waals surface area contributed by atoms with Crippen molar-refractivity contribution < 1.29 is 13.2 Å². The maximum absolute atomic E-state index is 12.9. The van der Waals surface area contributed by atoms with Crippen LogP contribution in [0.15, 0.2) is 0 Å². The van der Waals surface area contributed by atoms with Crippen molar-refractivity contribution in [2.24, 2.45) is 5.92 Å².